The minimum absolute atomic E-state index is 0.169. The molecule has 1 aromatic rings. The monoisotopic (exact) mass is 297 g/mol. The summed E-state index contributed by atoms with van der Waals surface area (Å²) in [4.78, 5) is 1.67. The van der Waals surface area contributed by atoms with Gasteiger partial charge < -0.3 is 4.90 Å². The van der Waals surface area contributed by atoms with E-state index in [0.717, 1.165) is 18.9 Å². The van der Waals surface area contributed by atoms with Gasteiger partial charge in [-0.3, -0.25) is 0 Å². The predicted molar refractivity (Wildman–Crippen MR) is 69.2 cm³/mol. The highest BCUT2D eigenvalue weighted by Crippen LogP contribution is 2.32. The Balaban J connectivity index is 2.97. The quantitative estimate of drug-likeness (QED) is 0.544. The predicted octanol–water partition coefficient (Wildman–Crippen LogP) is 4.69. The number of hydrogen-bond acceptors (Lipinski definition) is 1. The van der Waals surface area contributed by atoms with Crippen LogP contribution in [-0.2, 0) is 6.18 Å². The summed E-state index contributed by atoms with van der Waals surface area (Å²) in [5.74, 6) is -0.569. The van der Waals surface area contributed by atoms with Gasteiger partial charge in [-0.05, 0) is 24.6 Å². The van der Waals surface area contributed by atoms with Crippen LogP contribution in [0, 0.1) is 5.82 Å². The molecule has 0 radical (unpaired) electrons. The number of anilines is 1. The SMILES string of the molecule is CCCCN(CCCl)c1ccc(C(F)(F)F)cc1F. The van der Waals surface area contributed by atoms with E-state index in [0.29, 0.717) is 25.0 Å². The van der Waals surface area contributed by atoms with Crippen LogP contribution in [0.4, 0.5) is 23.2 Å². The molecule has 0 saturated heterocycles. The third-order valence-electron chi connectivity index (χ3n) is 2.75. The third-order valence-corrected chi connectivity index (χ3v) is 2.92. The van der Waals surface area contributed by atoms with Gasteiger partial charge in [0.1, 0.15) is 5.82 Å². The van der Waals surface area contributed by atoms with Crippen molar-refractivity contribution >= 4 is 17.3 Å². The van der Waals surface area contributed by atoms with Gasteiger partial charge >= 0.3 is 6.18 Å². The van der Waals surface area contributed by atoms with Crippen LogP contribution in [0.5, 0.6) is 0 Å². The zero-order valence-electron chi connectivity index (χ0n) is 10.6. The molecule has 0 spiro atoms. The number of benzene rings is 1. The standard InChI is InChI=1S/C13H16ClF4N/c1-2-3-7-19(8-6-14)12-5-4-10(9-11(12)15)13(16,17)18/h4-5,9H,2-3,6-8H2,1H3. The number of rotatable bonds is 6. The molecule has 0 fully saturated rings. The number of nitrogens with zero attached hydrogens (tertiary/aromatic N) is 1. The van der Waals surface area contributed by atoms with Crippen molar-refractivity contribution < 1.29 is 17.6 Å². The summed E-state index contributed by atoms with van der Waals surface area (Å²) in [7, 11) is 0. The molecule has 0 aliphatic rings. The summed E-state index contributed by atoms with van der Waals surface area (Å²) in [5, 5.41) is 0. The Bertz CT molecular complexity index is 406. The van der Waals surface area contributed by atoms with Gasteiger partial charge in [0, 0.05) is 19.0 Å². The van der Waals surface area contributed by atoms with E-state index in [4.69, 9.17) is 11.6 Å². The molecule has 19 heavy (non-hydrogen) atoms. The van der Waals surface area contributed by atoms with Crippen LogP contribution in [0.2, 0.25) is 0 Å². The third kappa shape index (κ3) is 4.56. The van der Waals surface area contributed by atoms with Crippen molar-refractivity contribution in [3.05, 3.63) is 29.6 Å². The number of halogens is 5. The summed E-state index contributed by atoms with van der Waals surface area (Å²) in [6, 6.07) is 2.59. The van der Waals surface area contributed by atoms with Crippen LogP contribution in [0.3, 0.4) is 0 Å². The molecular weight excluding hydrogens is 282 g/mol. The largest absolute Gasteiger partial charge is 0.416 e. The zero-order valence-corrected chi connectivity index (χ0v) is 11.4. The first-order valence-electron chi connectivity index (χ1n) is 6.07. The Labute approximate surface area is 115 Å². The molecule has 0 aromatic heterocycles. The molecule has 0 bridgehead atoms. The van der Waals surface area contributed by atoms with Gasteiger partial charge in [0.25, 0.3) is 0 Å². The smallest absolute Gasteiger partial charge is 0.368 e. The lowest BCUT2D eigenvalue weighted by molar-refractivity contribution is -0.137. The molecule has 0 saturated carbocycles. The molecule has 1 nitrogen and oxygen atoms in total. The molecule has 1 rings (SSSR count). The van der Waals surface area contributed by atoms with Crippen LogP contribution in [-0.4, -0.2) is 19.0 Å². The fraction of sp³-hybridized carbons (Fsp3) is 0.538. The first-order chi connectivity index (χ1) is 8.90. The molecule has 0 aliphatic heterocycles. The van der Waals surface area contributed by atoms with Crippen LogP contribution >= 0.6 is 11.6 Å². The summed E-state index contributed by atoms with van der Waals surface area (Å²) < 4.78 is 51.1. The molecule has 6 heteroatoms. The van der Waals surface area contributed by atoms with Crippen molar-refractivity contribution in [2.24, 2.45) is 0 Å². The maximum Gasteiger partial charge on any atom is 0.416 e. The fourth-order valence-electron chi connectivity index (χ4n) is 1.74. The molecule has 0 amide bonds. The highest BCUT2D eigenvalue weighted by Gasteiger charge is 2.31. The van der Waals surface area contributed by atoms with E-state index in [1.54, 1.807) is 4.90 Å². The second kappa shape index (κ2) is 6.98. The number of unbranched alkanes of at least 4 members (excludes halogenated alkanes) is 1. The molecule has 0 N–H and O–H groups in total. The van der Waals surface area contributed by atoms with Gasteiger partial charge in [-0.1, -0.05) is 13.3 Å². The number of hydrogen-bond donors (Lipinski definition) is 0. The van der Waals surface area contributed by atoms with E-state index in [1.165, 1.54) is 6.07 Å². The lowest BCUT2D eigenvalue weighted by Gasteiger charge is -2.24. The van der Waals surface area contributed by atoms with Crippen molar-refractivity contribution in [3.8, 4) is 0 Å². The Morgan fingerprint density at radius 1 is 1.21 bits per heavy atom. The van der Waals surface area contributed by atoms with E-state index in [2.05, 4.69) is 0 Å². The highest BCUT2D eigenvalue weighted by molar-refractivity contribution is 6.18. The van der Waals surface area contributed by atoms with Crippen molar-refractivity contribution in [2.45, 2.75) is 25.9 Å². The highest BCUT2D eigenvalue weighted by atomic mass is 35.5. The van der Waals surface area contributed by atoms with E-state index in [9.17, 15) is 17.6 Å². The van der Waals surface area contributed by atoms with Crippen LogP contribution in [0.25, 0.3) is 0 Å². The minimum atomic E-state index is -4.53. The topological polar surface area (TPSA) is 3.24 Å². The molecule has 1 aromatic carbocycles. The molecule has 0 atom stereocenters. The van der Waals surface area contributed by atoms with Gasteiger partial charge in [0.05, 0.1) is 11.3 Å². The Morgan fingerprint density at radius 2 is 1.89 bits per heavy atom. The van der Waals surface area contributed by atoms with Gasteiger partial charge in [-0.2, -0.15) is 13.2 Å². The minimum Gasteiger partial charge on any atom is -0.368 e. The first-order valence-corrected chi connectivity index (χ1v) is 6.61. The van der Waals surface area contributed by atoms with Crippen molar-refractivity contribution in [3.63, 3.8) is 0 Å². The average molecular weight is 298 g/mol. The van der Waals surface area contributed by atoms with Gasteiger partial charge in [0.15, 0.2) is 0 Å². The van der Waals surface area contributed by atoms with E-state index >= 15 is 0 Å². The van der Waals surface area contributed by atoms with Crippen molar-refractivity contribution in [2.75, 3.05) is 23.9 Å². The first kappa shape index (κ1) is 16.1. The van der Waals surface area contributed by atoms with Crippen LogP contribution in [0.1, 0.15) is 25.3 Å². The molecule has 0 unspecified atom stereocenters. The normalized spacial score (nSPS) is 11.7. The Morgan fingerprint density at radius 3 is 2.37 bits per heavy atom. The fourth-order valence-corrected chi connectivity index (χ4v) is 1.95. The van der Waals surface area contributed by atoms with Crippen molar-refractivity contribution in [1.82, 2.24) is 0 Å². The van der Waals surface area contributed by atoms with Crippen LogP contribution < -0.4 is 4.90 Å². The molecule has 0 heterocycles. The zero-order chi connectivity index (χ0) is 14.5. The lowest BCUT2D eigenvalue weighted by atomic mass is 10.1. The average Bonchev–Trinajstić information content (AvgIpc) is 2.33. The van der Waals surface area contributed by atoms with E-state index in [1.807, 2.05) is 6.92 Å². The maximum absolute atomic E-state index is 13.8. The lowest BCUT2D eigenvalue weighted by Crippen LogP contribution is -2.27. The molecular formula is C13H16ClF4N. The summed E-state index contributed by atoms with van der Waals surface area (Å²) in [5.41, 5.74) is -0.808. The van der Waals surface area contributed by atoms with E-state index < -0.39 is 17.6 Å². The van der Waals surface area contributed by atoms with Crippen molar-refractivity contribution in [1.29, 1.82) is 0 Å². The van der Waals surface area contributed by atoms with Crippen LogP contribution in [0.15, 0.2) is 18.2 Å². The number of alkyl halides is 4. The summed E-state index contributed by atoms with van der Waals surface area (Å²) in [6.07, 6.45) is -2.78. The molecule has 0 aliphatic carbocycles. The summed E-state index contributed by atoms with van der Waals surface area (Å²) in [6.45, 7) is 2.97. The second-order valence-electron chi connectivity index (χ2n) is 4.19. The maximum atomic E-state index is 13.8. The summed E-state index contributed by atoms with van der Waals surface area (Å²) >= 11 is 5.64. The van der Waals surface area contributed by atoms with Gasteiger partial charge in [0.2, 0.25) is 0 Å². The molecule has 108 valence electrons. The second-order valence-corrected chi connectivity index (χ2v) is 4.57. The Hall–Kier alpha value is -0.970. The van der Waals surface area contributed by atoms with Gasteiger partial charge in [-0.15, -0.1) is 11.6 Å². The van der Waals surface area contributed by atoms with Gasteiger partial charge in [-0.25, -0.2) is 4.39 Å². The Kier molecular flexibility index (Phi) is 5.91. The van der Waals surface area contributed by atoms with E-state index in [-0.39, 0.29) is 5.69 Å².